The molecule has 0 spiro atoms. The summed E-state index contributed by atoms with van der Waals surface area (Å²) in [6.07, 6.45) is 2.01. The van der Waals surface area contributed by atoms with Crippen LogP contribution in [0.4, 0.5) is 0 Å². The SMILES string of the molecule is CCC(=O)C(=O)OCCCN(CCCOC(=O)C(=O)CC)CCN(CCCOC(=O)C(=O)CC)CCCOC(=O)C(=O)CC. The molecule has 0 atom stereocenters. The van der Waals surface area contributed by atoms with Crippen LogP contribution in [0.5, 0.6) is 0 Å². The molecular weight excluding hydrogens is 580 g/mol. The minimum absolute atomic E-state index is 0.0501. The van der Waals surface area contributed by atoms with E-state index in [2.05, 4.69) is 9.80 Å². The maximum atomic E-state index is 11.7. The van der Waals surface area contributed by atoms with Crippen molar-refractivity contribution in [1.82, 2.24) is 9.80 Å². The predicted octanol–water partition coefficient (Wildman–Crippen LogP) is 1.24. The summed E-state index contributed by atoms with van der Waals surface area (Å²) < 4.78 is 20.1. The molecule has 0 radical (unpaired) electrons. The molecule has 14 heteroatoms. The highest BCUT2D eigenvalue weighted by molar-refractivity contribution is 6.34. The largest absolute Gasteiger partial charge is 0.460 e. The van der Waals surface area contributed by atoms with E-state index in [1.165, 1.54) is 0 Å². The van der Waals surface area contributed by atoms with Crippen LogP contribution in [0.15, 0.2) is 0 Å². The Labute approximate surface area is 259 Å². The molecular formula is C30H48N2O12. The molecule has 0 aliphatic heterocycles. The van der Waals surface area contributed by atoms with E-state index in [0.29, 0.717) is 65.0 Å². The number of esters is 4. The summed E-state index contributed by atoms with van der Waals surface area (Å²) in [7, 11) is 0. The lowest BCUT2D eigenvalue weighted by Gasteiger charge is -2.28. The lowest BCUT2D eigenvalue weighted by atomic mass is 10.3. The minimum atomic E-state index is -0.875. The summed E-state index contributed by atoms with van der Waals surface area (Å²) in [5.41, 5.74) is 0. The Kier molecular flexibility index (Phi) is 22.9. The molecule has 0 saturated heterocycles. The number of nitrogens with zero attached hydrogens (tertiary/aromatic N) is 2. The molecule has 0 bridgehead atoms. The van der Waals surface area contributed by atoms with Crippen molar-refractivity contribution in [2.24, 2.45) is 0 Å². The number of carbonyl (C=O) groups excluding carboxylic acids is 8. The quantitative estimate of drug-likeness (QED) is 0.0548. The number of hydrogen-bond acceptors (Lipinski definition) is 14. The fourth-order valence-corrected chi connectivity index (χ4v) is 3.67. The van der Waals surface area contributed by atoms with Gasteiger partial charge in [-0.25, -0.2) is 19.2 Å². The standard InChI is InChI=1S/C30H48N2O12/c1-5-23(33)27(37)41-19-9-13-31(14-10-20-42-28(38)24(34)6-2)17-18-32(15-11-21-43-29(39)25(35)7-3)16-12-22-44-30(40)26(36)8-4/h5-22H2,1-4H3. The summed E-state index contributed by atoms with van der Waals surface area (Å²) >= 11 is 0. The molecule has 14 nitrogen and oxygen atoms in total. The van der Waals surface area contributed by atoms with E-state index in [4.69, 9.17) is 18.9 Å². The lowest BCUT2D eigenvalue weighted by Crippen LogP contribution is -2.38. The fraction of sp³-hybridized carbons (Fsp3) is 0.733. The van der Waals surface area contributed by atoms with Gasteiger partial charge in [0.25, 0.3) is 0 Å². The van der Waals surface area contributed by atoms with Crippen LogP contribution in [-0.4, -0.2) is 123 Å². The Morgan fingerprint density at radius 1 is 0.364 bits per heavy atom. The van der Waals surface area contributed by atoms with Gasteiger partial charge in [0.1, 0.15) is 0 Å². The zero-order chi connectivity index (χ0) is 33.3. The van der Waals surface area contributed by atoms with Gasteiger partial charge in [-0.2, -0.15) is 0 Å². The lowest BCUT2D eigenvalue weighted by molar-refractivity contribution is -0.154. The molecule has 0 unspecified atom stereocenters. The minimum Gasteiger partial charge on any atom is -0.460 e. The summed E-state index contributed by atoms with van der Waals surface area (Å²) in [4.78, 5) is 96.6. The Balaban J connectivity index is 5.15. The van der Waals surface area contributed by atoms with Crippen molar-refractivity contribution in [2.45, 2.75) is 79.1 Å². The maximum Gasteiger partial charge on any atom is 0.374 e. The van der Waals surface area contributed by atoms with Gasteiger partial charge in [0.15, 0.2) is 0 Å². The molecule has 0 aromatic carbocycles. The maximum absolute atomic E-state index is 11.7. The average molecular weight is 629 g/mol. The zero-order valence-corrected chi connectivity index (χ0v) is 26.5. The molecule has 44 heavy (non-hydrogen) atoms. The van der Waals surface area contributed by atoms with Gasteiger partial charge < -0.3 is 28.7 Å². The second-order valence-corrected chi connectivity index (χ2v) is 9.75. The van der Waals surface area contributed by atoms with Crippen molar-refractivity contribution in [3.8, 4) is 0 Å². The third-order valence-electron chi connectivity index (χ3n) is 6.33. The van der Waals surface area contributed by atoms with Crippen LogP contribution in [0.25, 0.3) is 0 Å². The number of hydrogen-bond donors (Lipinski definition) is 0. The Morgan fingerprint density at radius 2 is 0.568 bits per heavy atom. The van der Waals surface area contributed by atoms with Crippen molar-refractivity contribution in [3.05, 3.63) is 0 Å². The van der Waals surface area contributed by atoms with Crippen LogP contribution >= 0.6 is 0 Å². The first-order chi connectivity index (χ1) is 21.0. The molecule has 0 aliphatic rings. The topological polar surface area (TPSA) is 180 Å². The van der Waals surface area contributed by atoms with Crippen LogP contribution in [0, 0.1) is 0 Å². The van der Waals surface area contributed by atoms with Gasteiger partial charge >= 0.3 is 23.9 Å². The molecule has 0 amide bonds. The number of ketones is 4. The van der Waals surface area contributed by atoms with Gasteiger partial charge in [0, 0.05) is 65.0 Å². The Hall–Kier alpha value is -3.52. The molecule has 0 rings (SSSR count). The fourth-order valence-electron chi connectivity index (χ4n) is 3.67. The second kappa shape index (κ2) is 24.9. The van der Waals surface area contributed by atoms with E-state index in [1.807, 2.05) is 0 Å². The molecule has 0 heterocycles. The van der Waals surface area contributed by atoms with Crippen molar-refractivity contribution in [2.75, 3.05) is 65.7 Å². The molecule has 0 aromatic heterocycles. The van der Waals surface area contributed by atoms with Gasteiger partial charge in [-0.1, -0.05) is 27.7 Å². The highest BCUT2D eigenvalue weighted by atomic mass is 16.5. The highest BCUT2D eigenvalue weighted by Gasteiger charge is 2.17. The summed E-state index contributed by atoms with van der Waals surface area (Å²) in [6.45, 7) is 9.54. The third-order valence-corrected chi connectivity index (χ3v) is 6.33. The van der Waals surface area contributed by atoms with Gasteiger partial charge in [-0.3, -0.25) is 19.2 Å². The first kappa shape index (κ1) is 40.5. The number of ether oxygens (including phenoxy) is 4. The average Bonchev–Trinajstić information content (AvgIpc) is 3.04. The van der Waals surface area contributed by atoms with Crippen LogP contribution in [0.2, 0.25) is 0 Å². The molecule has 0 fully saturated rings. The van der Waals surface area contributed by atoms with Crippen LogP contribution in [0.1, 0.15) is 79.1 Å². The van der Waals surface area contributed by atoms with E-state index in [9.17, 15) is 38.4 Å². The summed E-state index contributed by atoms with van der Waals surface area (Å²) in [5.74, 6) is -5.90. The number of carbonyl (C=O) groups is 8. The first-order valence-corrected chi connectivity index (χ1v) is 15.2. The van der Waals surface area contributed by atoms with Crippen LogP contribution < -0.4 is 0 Å². The molecule has 0 saturated carbocycles. The molecule has 0 N–H and O–H groups in total. The van der Waals surface area contributed by atoms with E-state index >= 15 is 0 Å². The normalized spacial score (nSPS) is 10.8. The highest BCUT2D eigenvalue weighted by Crippen LogP contribution is 2.03. The monoisotopic (exact) mass is 628 g/mol. The van der Waals surface area contributed by atoms with E-state index in [-0.39, 0.29) is 52.1 Å². The van der Waals surface area contributed by atoms with Gasteiger partial charge in [0.2, 0.25) is 23.1 Å². The second-order valence-electron chi connectivity index (χ2n) is 9.75. The van der Waals surface area contributed by atoms with E-state index in [0.717, 1.165) is 0 Å². The van der Waals surface area contributed by atoms with E-state index < -0.39 is 47.0 Å². The first-order valence-electron chi connectivity index (χ1n) is 15.2. The third kappa shape index (κ3) is 18.9. The molecule has 250 valence electrons. The predicted molar refractivity (Wildman–Crippen MR) is 156 cm³/mol. The van der Waals surface area contributed by atoms with Crippen LogP contribution in [-0.2, 0) is 57.3 Å². The zero-order valence-electron chi connectivity index (χ0n) is 26.5. The van der Waals surface area contributed by atoms with Gasteiger partial charge in [-0.05, 0) is 25.7 Å². The number of rotatable bonds is 27. The van der Waals surface area contributed by atoms with Crippen molar-refractivity contribution < 1.29 is 57.3 Å². The van der Waals surface area contributed by atoms with Gasteiger partial charge in [0.05, 0.1) is 26.4 Å². The van der Waals surface area contributed by atoms with Crippen LogP contribution in [0.3, 0.4) is 0 Å². The Bertz CT molecular complexity index is 818. The Morgan fingerprint density at radius 3 is 0.750 bits per heavy atom. The molecule has 0 aliphatic carbocycles. The molecule has 0 aromatic rings. The van der Waals surface area contributed by atoms with E-state index in [1.54, 1.807) is 27.7 Å². The van der Waals surface area contributed by atoms with Gasteiger partial charge in [-0.15, -0.1) is 0 Å². The number of Topliss-reactive ketones (excluding diaryl/α,β-unsaturated/α-hetero) is 4. The van der Waals surface area contributed by atoms with Crippen molar-refractivity contribution >= 4 is 47.0 Å². The smallest absolute Gasteiger partial charge is 0.374 e. The van der Waals surface area contributed by atoms with Crippen molar-refractivity contribution in [1.29, 1.82) is 0 Å². The van der Waals surface area contributed by atoms with Crippen molar-refractivity contribution in [3.63, 3.8) is 0 Å². The summed E-state index contributed by atoms with van der Waals surface area (Å²) in [6, 6.07) is 0. The summed E-state index contributed by atoms with van der Waals surface area (Å²) in [5, 5.41) is 0.